The van der Waals surface area contributed by atoms with Crippen LogP contribution in [0.15, 0.2) is 0 Å². The maximum atomic E-state index is 6.06. The fraction of sp³-hybridized carbons (Fsp3) is 1.00. The van der Waals surface area contributed by atoms with Crippen molar-refractivity contribution in [3.05, 3.63) is 0 Å². The highest BCUT2D eigenvalue weighted by Gasteiger charge is 2.38. The first kappa shape index (κ1) is 14.3. The topological polar surface area (TPSA) is 30.5 Å². The van der Waals surface area contributed by atoms with Crippen molar-refractivity contribution in [2.24, 2.45) is 5.41 Å². The van der Waals surface area contributed by atoms with Gasteiger partial charge in [0.25, 0.3) is 0 Å². The molecule has 106 valence electrons. The molecule has 0 aromatic rings. The summed E-state index contributed by atoms with van der Waals surface area (Å²) in [6, 6.07) is 0.638. The van der Waals surface area contributed by atoms with Gasteiger partial charge >= 0.3 is 0 Å². The van der Waals surface area contributed by atoms with Crippen molar-refractivity contribution >= 4 is 0 Å². The van der Waals surface area contributed by atoms with E-state index < -0.39 is 0 Å². The van der Waals surface area contributed by atoms with E-state index in [-0.39, 0.29) is 5.60 Å². The van der Waals surface area contributed by atoms with Crippen LogP contribution in [0, 0.1) is 5.41 Å². The van der Waals surface area contributed by atoms with Gasteiger partial charge < -0.3 is 14.8 Å². The molecule has 1 atom stereocenters. The van der Waals surface area contributed by atoms with Crippen molar-refractivity contribution < 1.29 is 9.47 Å². The van der Waals surface area contributed by atoms with Gasteiger partial charge in [0.1, 0.15) is 0 Å². The first-order valence-corrected chi connectivity index (χ1v) is 7.44. The Morgan fingerprint density at radius 1 is 1.17 bits per heavy atom. The lowest BCUT2D eigenvalue weighted by Crippen LogP contribution is -2.50. The van der Waals surface area contributed by atoms with Crippen LogP contribution in [0.2, 0.25) is 0 Å². The lowest BCUT2D eigenvalue weighted by atomic mass is 9.84. The van der Waals surface area contributed by atoms with Crippen LogP contribution in [0.3, 0.4) is 0 Å². The molecule has 18 heavy (non-hydrogen) atoms. The van der Waals surface area contributed by atoms with E-state index in [4.69, 9.17) is 9.47 Å². The zero-order valence-electron chi connectivity index (χ0n) is 12.3. The number of hydrogen-bond donors (Lipinski definition) is 1. The molecule has 2 heterocycles. The molecule has 2 rings (SSSR count). The molecule has 0 bridgehead atoms. The smallest absolute Gasteiger partial charge is 0.0741 e. The molecule has 0 aliphatic carbocycles. The summed E-state index contributed by atoms with van der Waals surface area (Å²) in [5.41, 5.74) is 0.546. The second-order valence-corrected chi connectivity index (χ2v) is 7.10. The number of ether oxygens (including phenoxy) is 2. The molecule has 1 N–H and O–H groups in total. The minimum Gasteiger partial charge on any atom is -0.381 e. The van der Waals surface area contributed by atoms with Crippen molar-refractivity contribution in [1.82, 2.24) is 5.32 Å². The first-order chi connectivity index (χ1) is 8.49. The summed E-state index contributed by atoms with van der Waals surface area (Å²) in [5.74, 6) is 0. The predicted molar refractivity (Wildman–Crippen MR) is 73.8 cm³/mol. The standard InChI is InChI=1S/C15H29NO2/c1-14(2,3)5-8-16-13-4-9-18-15(12-13)6-10-17-11-7-15/h13,16H,4-12H2,1-3H3. The van der Waals surface area contributed by atoms with E-state index in [1.165, 1.54) is 12.8 Å². The lowest BCUT2D eigenvalue weighted by molar-refractivity contribution is -0.140. The number of rotatable bonds is 3. The molecule has 2 aliphatic heterocycles. The minimum absolute atomic E-state index is 0.121. The summed E-state index contributed by atoms with van der Waals surface area (Å²) in [7, 11) is 0. The Balaban J connectivity index is 1.76. The van der Waals surface area contributed by atoms with Crippen molar-refractivity contribution in [3.63, 3.8) is 0 Å². The van der Waals surface area contributed by atoms with Gasteiger partial charge in [-0.3, -0.25) is 0 Å². The maximum absolute atomic E-state index is 6.06. The van der Waals surface area contributed by atoms with E-state index in [0.29, 0.717) is 11.5 Å². The molecule has 2 aliphatic rings. The van der Waals surface area contributed by atoms with Crippen LogP contribution in [0.5, 0.6) is 0 Å². The van der Waals surface area contributed by atoms with E-state index in [1.54, 1.807) is 0 Å². The van der Waals surface area contributed by atoms with Crippen LogP contribution in [-0.2, 0) is 9.47 Å². The largest absolute Gasteiger partial charge is 0.381 e. The van der Waals surface area contributed by atoms with Gasteiger partial charge in [-0.05, 0) is 44.1 Å². The van der Waals surface area contributed by atoms with Gasteiger partial charge in [-0.15, -0.1) is 0 Å². The normalized spacial score (nSPS) is 28.5. The van der Waals surface area contributed by atoms with Crippen LogP contribution < -0.4 is 5.32 Å². The van der Waals surface area contributed by atoms with E-state index in [1.807, 2.05) is 0 Å². The molecule has 2 saturated heterocycles. The van der Waals surface area contributed by atoms with Crippen LogP contribution in [0.25, 0.3) is 0 Å². The van der Waals surface area contributed by atoms with Crippen molar-refractivity contribution in [2.75, 3.05) is 26.4 Å². The number of nitrogens with one attached hydrogen (secondary N) is 1. The highest BCUT2D eigenvalue weighted by atomic mass is 16.5. The van der Waals surface area contributed by atoms with Crippen LogP contribution in [0.4, 0.5) is 0 Å². The Morgan fingerprint density at radius 3 is 2.56 bits per heavy atom. The van der Waals surface area contributed by atoms with Crippen molar-refractivity contribution in [2.45, 2.75) is 64.5 Å². The highest BCUT2D eigenvalue weighted by Crippen LogP contribution is 2.34. The van der Waals surface area contributed by atoms with Crippen LogP contribution >= 0.6 is 0 Å². The van der Waals surface area contributed by atoms with Gasteiger partial charge in [-0.1, -0.05) is 20.8 Å². The Kier molecular flexibility index (Phi) is 4.68. The molecule has 2 fully saturated rings. The molecule has 0 saturated carbocycles. The van der Waals surface area contributed by atoms with E-state index in [9.17, 15) is 0 Å². The molecule has 0 amide bonds. The van der Waals surface area contributed by atoms with Crippen LogP contribution in [-0.4, -0.2) is 38.0 Å². The van der Waals surface area contributed by atoms with Crippen molar-refractivity contribution in [1.29, 1.82) is 0 Å². The third-order valence-corrected chi connectivity index (χ3v) is 4.21. The fourth-order valence-electron chi connectivity index (χ4n) is 2.95. The monoisotopic (exact) mass is 255 g/mol. The lowest BCUT2D eigenvalue weighted by Gasteiger charge is -2.43. The van der Waals surface area contributed by atoms with Gasteiger partial charge in [0.05, 0.1) is 5.60 Å². The third-order valence-electron chi connectivity index (χ3n) is 4.21. The highest BCUT2D eigenvalue weighted by molar-refractivity contribution is 4.91. The first-order valence-electron chi connectivity index (χ1n) is 7.44. The quantitative estimate of drug-likeness (QED) is 0.841. The maximum Gasteiger partial charge on any atom is 0.0741 e. The average molecular weight is 255 g/mol. The van der Waals surface area contributed by atoms with E-state index in [0.717, 1.165) is 45.6 Å². The minimum atomic E-state index is 0.121. The summed E-state index contributed by atoms with van der Waals surface area (Å²) < 4.78 is 11.5. The number of hydrogen-bond acceptors (Lipinski definition) is 3. The zero-order valence-corrected chi connectivity index (χ0v) is 12.3. The van der Waals surface area contributed by atoms with Gasteiger partial charge in [0.2, 0.25) is 0 Å². The van der Waals surface area contributed by atoms with E-state index in [2.05, 4.69) is 26.1 Å². The summed E-state index contributed by atoms with van der Waals surface area (Å²) in [6.45, 7) is 10.7. The van der Waals surface area contributed by atoms with Gasteiger partial charge in [-0.2, -0.15) is 0 Å². The fourth-order valence-corrected chi connectivity index (χ4v) is 2.95. The summed E-state index contributed by atoms with van der Waals surface area (Å²) in [6.07, 6.45) is 5.71. The summed E-state index contributed by atoms with van der Waals surface area (Å²) in [4.78, 5) is 0. The molecular formula is C15H29NO2. The average Bonchev–Trinajstić information content (AvgIpc) is 2.28. The molecule has 1 unspecified atom stereocenters. The summed E-state index contributed by atoms with van der Waals surface area (Å²) in [5, 5.41) is 3.73. The molecule has 3 nitrogen and oxygen atoms in total. The molecule has 0 aromatic heterocycles. The van der Waals surface area contributed by atoms with Crippen LogP contribution in [0.1, 0.15) is 52.9 Å². The second kappa shape index (κ2) is 5.89. The molecule has 3 heteroatoms. The third kappa shape index (κ3) is 4.22. The SMILES string of the molecule is CC(C)(C)CCNC1CCOC2(CCOCC2)C1. The molecule has 1 spiro atoms. The summed E-state index contributed by atoms with van der Waals surface area (Å²) >= 11 is 0. The Hall–Kier alpha value is -0.120. The molecule has 0 radical (unpaired) electrons. The van der Waals surface area contributed by atoms with Gasteiger partial charge in [-0.25, -0.2) is 0 Å². The zero-order chi connectivity index (χ0) is 13.1. The Labute approximate surface area is 112 Å². The predicted octanol–water partition coefficient (Wildman–Crippen LogP) is 2.74. The van der Waals surface area contributed by atoms with Gasteiger partial charge in [0, 0.05) is 25.9 Å². The molecular weight excluding hydrogens is 226 g/mol. The Morgan fingerprint density at radius 2 is 1.89 bits per heavy atom. The van der Waals surface area contributed by atoms with Gasteiger partial charge in [0.15, 0.2) is 0 Å². The van der Waals surface area contributed by atoms with Crippen molar-refractivity contribution in [3.8, 4) is 0 Å². The second-order valence-electron chi connectivity index (χ2n) is 7.10. The van der Waals surface area contributed by atoms with E-state index >= 15 is 0 Å². The Bertz CT molecular complexity index is 248. The molecule has 0 aromatic carbocycles.